The third-order valence-electron chi connectivity index (χ3n) is 0.806. The van der Waals surface area contributed by atoms with Crippen molar-refractivity contribution in [2.45, 2.75) is 0 Å². The summed E-state index contributed by atoms with van der Waals surface area (Å²) in [5.74, 6) is 0. The van der Waals surface area contributed by atoms with Gasteiger partial charge in [-0.1, -0.05) is 0 Å². The third-order valence-corrected chi connectivity index (χ3v) is 1.76. The molecular weight excluding hydrogens is 160 g/mol. The predicted octanol–water partition coefficient (Wildman–Crippen LogP) is -1.26. The second-order valence-electron chi connectivity index (χ2n) is 1.49. The summed E-state index contributed by atoms with van der Waals surface area (Å²) >= 11 is 0. The Balaban J connectivity index is 4.54. The number of aliphatic hydroxyl groups excluding tert-OH is 2. The van der Waals surface area contributed by atoms with Gasteiger partial charge in [-0.2, -0.15) is 8.42 Å². The van der Waals surface area contributed by atoms with Gasteiger partial charge < -0.3 is 10.2 Å². The first-order chi connectivity index (χ1) is 4.52. The summed E-state index contributed by atoms with van der Waals surface area (Å²) in [7, 11) is -4.33. The highest BCUT2D eigenvalue weighted by Crippen LogP contribution is 2.00. The number of hydrogen-bond donors (Lipinski definition) is 3. The highest BCUT2D eigenvalue weighted by molar-refractivity contribution is 7.89. The Kier molecular flexibility index (Phi) is 3.51. The van der Waals surface area contributed by atoms with Crippen molar-refractivity contribution in [1.29, 1.82) is 0 Å². The van der Waals surface area contributed by atoms with E-state index in [1.165, 1.54) is 0 Å². The highest BCUT2D eigenvalue weighted by atomic mass is 32.2. The van der Waals surface area contributed by atoms with Gasteiger partial charge in [0.25, 0.3) is 10.1 Å². The standard InChI is InChI=1S/C4H8O5S/c5-2-1-4(3-6)10(7,8)9/h1,5-6H,2-3H2,(H,7,8,9)/b4-1+. The Labute approximate surface area is 58.4 Å². The fourth-order valence-electron chi connectivity index (χ4n) is 0.353. The van der Waals surface area contributed by atoms with E-state index in [2.05, 4.69) is 0 Å². The van der Waals surface area contributed by atoms with Crippen LogP contribution in [0.25, 0.3) is 0 Å². The second-order valence-corrected chi connectivity index (χ2v) is 2.96. The van der Waals surface area contributed by atoms with E-state index in [0.29, 0.717) is 0 Å². The first-order valence-electron chi connectivity index (χ1n) is 2.40. The van der Waals surface area contributed by atoms with Crippen molar-refractivity contribution in [3.63, 3.8) is 0 Å². The summed E-state index contributed by atoms with van der Waals surface area (Å²) in [6.07, 6.45) is 0.815. The van der Waals surface area contributed by atoms with Crippen LogP contribution in [0.1, 0.15) is 0 Å². The molecule has 0 atom stereocenters. The molecule has 0 spiro atoms. The summed E-state index contributed by atoms with van der Waals surface area (Å²) in [6.45, 7) is -1.34. The van der Waals surface area contributed by atoms with Crippen molar-refractivity contribution in [3.8, 4) is 0 Å². The van der Waals surface area contributed by atoms with Gasteiger partial charge in [0, 0.05) is 0 Å². The summed E-state index contributed by atoms with van der Waals surface area (Å²) in [6, 6.07) is 0. The lowest BCUT2D eigenvalue weighted by molar-refractivity contribution is 0.322. The molecular formula is C4H8O5S. The number of aliphatic hydroxyl groups is 2. The molecule has 0 aliphatic carbocycles. The molecule has 0 aliphatic heterocycles. The average Bonchev–Trinajstić information content (AvgIpc) is 1.80. The van der Waals surface area contributed by atoms with Crippen LogP contribution in [-0.2, 0) is 10.1 Å². The summed E-state index contributed by atoms with van der Waals surface area (Å²) in [4.78, 5) is -0.588. The normalized spacial score (nSPS) is 13.7. The zero-order valence-electron chi connectivity index (χ0n) is 5.06. The van der Waals surface area contributed by atoms with Crippen molar-refractivity contribution >= 4 is 10.1 Å². The topological polar surface area (TPSA) is 94.8 Å². The minimum absolute atomic E-state index is 0.532. The maximum atomic E-state index is 10.2. The van der Waals surface area contributed by atoms with Crippen LogP contribution in [0.3, 0.4) is 0 Å². The molecule has 0 heterocycles. The molecule has 0 saturated carbocycles. The maximum Gasteiger partial charge on any atom is 0.292 e. The highest BCUT2D eigenvalue weighted by Gasteiger charge is 2.10. The molecule has 0 aromatic heterocycles. The molecule has 0 unspecified atom stereocenters. The quantitative estimate of drug-likeness (QED) is 0.457. The molecule has 0 fully saturated rings. The molecule has 0 aliphatic rings. The van der Waals surface area contributed by atoms with E-state index in [-0.39, 0.29) is 0 Å². The van der Waals surface area contributed by atoms with Crippen LogP contribution in [0, 0.1) is 0 Å². The minimum atomic E-state index is -4.33. The molecule has 0 aromatic carbocycles. The van der Waals surface area contributed by atoms with Crippen LogP contribution >= 0.6 is 0 Å². The zero-order valence-corrected chi connectivity index (χ0v) is 5.87. The van der Waals surface area contributed by atoms with Gasteiger partial charge in [0.05, 0.1) is 18.1 Å². The predicted molar refractivity (Wildman–Crippen MR) is 33.8 cm³/mol. The molecule has 5 nitrogen and oxygen atoms in total. The smallest absolute Gasteiger partial charge is 0.292 e. The van der Waals surface area contributed by atoms with Gasteiger partial charge in [-0.15, -0.1) is 0 Å². The zero-order chi connectivity index (χ0) is 8.20. The molecule has 0 amide bonds. The summed E-state index contributed by atoms with van der Waals surface area (Å²) in [5.41, 5.74) is 0. The fraction of sp³-hybridized carbons (Fsp3) is 0.500. The van der Waals surface area contributed by atoms with Crippen molar-refractivity contribution in [3.05, 3.63) is 11.0 Å². The van der Waals surface area contributed by atoms with Crippen LogP contribution in [0.15, 0.2) is 11.0 Å². The SMILES string of the molecule is O=S(=O)(O)/C(=C/CO)CO. The third kappa shape index (κ3) is 2.92. The van der Waals surface area contributed by atoms with Crippen LogP contribution in [0.5, 0.6) is 0 Å². The van der Waals surface area contributed by atoms with Crippen molar-refractivity contribution < 1.29 is 23.2 Å². The van der Waals surface area contributed by atoms with Gasteiger partial charge >= 0.3 is 0 Å². The molecule has 0 saturated heterocycles. The van der Waals surface area contributed by atoms with E-state index < -0.39 is 28.2 Å². The Morgan fingerprint density at radius 3 is 2.00 bits per heavy atom. The number of hydrogen-bond acceptors (Lipinski definition) is 4. The first-order valence-corrected chi connectivity index (χ1v) is 3.84. The van der Waals surface area contributed by atoms with E-state index in [1.807, 2.05) is 0 Å². The van der Waals surface area contributed by atoms with Gasteiger partial charge in [0.1, 0.15) is 0 Å². The van der Waals surface area contributed by atoms with Crippen LogP contribution < -0.4 is 0 Å². The first kappa shape index (κ1) is 9.57. The van der Waals surface area contributed by atoms with E-state index >= 15 is 0 Å². The average molecular weight is 168 g/mol. The molecule has 10 heavy (non-hydrogen) atoms. The van der Waals surface area contributed by atoms with E-state index in [4.69, 9.17) is 14.8 Å². The fourth-order valence-corrected chi connectivity index (χ4v) is 0.802. The van der Waals surface area contributed by atoms with E-state index in [1.54, 1.807) is 0 Å². The van der Waals surface area contributed by atoms with Gasteiger partial charge in [-0.25, -0.2) is 0 Å². The van der Waals surface area contributed by atoms with E-state index in [9.17, 15) is 8.42 Å². The van der Waals surface area contributed by atoms with Crippen LogP contribution in [-0.4, -0.2) is 36.4 Å². The number of rotatable bonds is 3. The van der Waals surface area contributed by atoms with Gasteiger partial charge in [-0.3, -0.25) is 4.55 Å². The Morgan fingerprint density at radius 2 is 1.90 bits per heavy atom. The Morgan fingerprint density at radius 1 is 1.40 bits per heavy atom. The molecule has 60 valence electrons. The molecule has 0 radical (unpaired) electrons. The molecule has 6 heteroatoms. The van der Waals surface area contributed by atoms with Crippen molar-refractivity contribution in [2.75, 3.05) is 13.2 Å². The lowest BCUT2D eigenvalue weighted by Gasteiger charge is -1.96. The van der Waals surface area contributed by atoms with E-state index in [0.717, 1.165) is 6.08 Å². The van der Waals surface area contributed by atoms with Crippen molar-refractivity contribution in [1.82, 2.24) is 0 Å². The van der Waals surface area contributed by atoms with Gasteiger partial charge in [0.15, 0.2) is 0 Å². The summed E-state index contributed by atoms with van der Waals surface area (Å²) < 4.78 is 28.6. The van der Waals surface area contributed by atoms with Crippen molar-refractivity contribution in [2.24, 2.45) is 0 Å². The lowest BCUT2D eigenvalue weighted by Crippen LogP contribution is -2.06. The molecule has 0 bridgehead atoms. The minimum Gasteiger partial charge on any atom is -0.392 e. The Hall–Kier alpha value is -0.430. The van der Waals surface area contributed by atoms with Gasteiger partial charge in [-0.05, 0) is 6.08 Å². The second kappa shape index (κ2) is 3.67. The Bertz CT molecular complexity index is 214. The van der Waals surface area contributed by atoms with Gasteiger partial charge in [0.2, 0.25) is 0 Å². The molecule has 3 N–H and O–H groups in total. The summed E-state index contributed by atoms with van der Waals surface area (Å²) in [5, 5.41) is 16.4. The van der Waals surface area contributed by atoms with Crippen LogP contribution in [0.2, 0.25) is 0 Å². The monoisotopic (exact) mass is 168 g/mol. The molecule has 0 rings (SSSR count). The van der Waals surface area contributed by atoms with Crippen LogP contribution in [0.4, 0.5) is 0 Å². The molecule has 0 aromatic rings. The largest absolute Gasteiger partial charge is 0.392 e. The maximum absolute atomic E-state index is 10.2. The lowest BCUT2D eigenvalue weighted by atomic mass is 10.5.